The van der Waals surface area contributed by atoms with Crippen LogP contribution in [0.15, 0.2) is 53.2 Å². The zero-order valence-electron chi connectivity index (χ0n) is 19.2. The van der Waals surface area contributed by atoms with Gasteiger partial charge in [-0.05, 0) is 37.1 Å². The third-order valence-electron chi connectivity index (χ3n) is 6.71. The molecule has 3 heterocycles. The molecule has 36 heavy (non-hydrogen) atoms. The highest BCUT2D eigenvalue weighted by atomic mass is 19.1. The van der Waals surface area contributed by atoms with Crippen LogP contribution in [0.5, 0.6) is 0 Å². The molecule has 0 bridgehead atoms. The van der Waals surface area contributed by atoms with Gasteiger partial charge < -0.3 is 19.3 Å². The van der Waals surface area contributed by atoms with Crippen molar-refractivity contribution in [3.8, 4) is 11.4 Å². The van der Waals surface area contributed by atoms with Crippen LogP contribution in [0.1, 0.15) is 45.4 Å². The zero-order valence-corrected chi connectivity index (χ0v) is 19.2. The number of aromatic amines is 1. The Kier molecular flexibility index (Phi) is 5.36. The highest BCUT2D eigenvalue weighted by Gasteiger charge is 2.32. The Hall–Kier alpha value is -4.34. The molecule has 2 aromatic carbocycles. The summed E-state index contributed by atoms with van der Waals surface area (Å²) in [7, 11) is 0. The largest absolute Gasteiger partial charge is 0.360 e. The van der Waals surface area contributed by atoms with Crippen LogP contribution in [0, 0.1) is 5.82 Å². The first-order valence-corrected chi connectivity index (χ1v) is 11.8. The highest BCUT2D eigenvalue weighted by Crippen LogP contribution is 2.40. The first kappa shape index (κ1) is 22.1. The van der Waals surface area contributed by atoms with E-state index in [9.17, 15) is 18.8 Å². The van der Waals surface area contributed by atoms with Crippen LogP contribution in [-0.2, 0) is 4.79 Å². The normalized spacial score (nSPS) is 15.9. The average Bonchev–Trinajstić information content (AvgIpc) is 3.48. The number of carbonyl (C=O) groups excluding carboxylic acids is 3. The molecule has 10 heteroatoms. The van der Waals surface area contributed by atoms with E-state index in [-0.39, 0.29) is 35.9 Å². The lowest BCUT2D eigenvalue weighted by Crippen LogP contribution is -2.52. The van der Waals surface area contributed by atoms with E-state index in [0.29, 0.717) is 41.4 Å². The van der Waals surface area contributed by atoms with Crippen LogP contribution in [0.2, 0.25) is 0 Å². The van der Waals surface area contributed by atoms with Crippen molar-refractivity contribution in [3.63, 3.8) is 0 Å². The Bertz CT molecular complexity index is 1480. The predicted octanol–water partition coefficient (Wildman–Crippen LogP) is 3.40. The van der Waals surface area contributed by atoms with Crippen molar-refractivity contribution in [2.75, 3.05) is 26.2 Å². The summed E-state index contributed by atoms with van der Waals surface area (Å²) >= 11 is 0. The molecule has 1 saturated carbocycles. The fraction of sp³-hybridized carbons (Fsp3) is 0.269. The number of nitrogens with zero attached hydrogens (tertiary/aromatic N) is 4. The summed E-state index contributed by atoms with van der Waals surface area (Å²) in [5.41, 5.74) is 1.33. The maximum Gasteiger partial charge on any atom is 0.295 e. The lowest BCUT2D eigenvalue weighted by molar-refractivity contribution is -0.127. The fourth-order valence-corrected chi connectivity index (χ4v) is 4.55. The number of rotatable bonds is 5. The lowest BCUT2D eigenvalue weighted by Gasteiger charge is -2.34. The summed E-state index contributed by atoms with van der Waals surface area (Å²) in [6, 6.07) is 11.7. The van der Waals surface area contributed by atoms with Gasteiger partial charge in [-0.15, -0.1) is 0 Å². The number of ketones is 1. The van der Waals surface area contributed by atoms with E-state index >= 15 is 0 Å². The molecule has 0 unspecified atom stereocenters. The number of nitrogens with one attached hydrogen (secondary N) is 1. The molecule has 1 aliphatic carbocycles. The Balaban J connectivity index is 1.21. The van der Waals surface area contributed by atoms with Crippen molar-refractivity contribution in [1.82, 2.24) is 24.9 Å². The van der Waals surface area contributed by atoms with Gasteiger partial charge in [0, 0.05) is 54.8 Å². The number of amides is 2. The second kappa shape index (κ2) is 8.71. The third-order valence-corrected chi connectivity index (χ3v) is 6.71. The standard InChI is InChI=1S/C26H22FN5O4/c27-19-9-8-17(23-29-24(36-30-23)15-6-7-15)21-20(19)18(14-28-21)22(33)26(35)32-12-10-31(11-13-32)25(34)16-4-2-1-3-5-16/h1-5,8-9,14-15,28H,6-7,10-13H2. The molecular formula is C26H22FN5O4. The number of Topliss-reactive ketones (excluding diaryl/α,β-unsaturated/α-hetero) is 1. The van der Waals surface area contributed by atoms with E-state index in [0.717, 1.165) is 12.8 Å². The van der Waals surface area contributed by atoms with Gasteiger partial charge in [0.25, 0.3) is 17.6 Å². The monoisotopic (exact) mass is 487 g/mol. The molecule has 1 saturated heterocycles. The smallest absolute Gasteiger partial charge is 0.295 e. The van der Waals surface area contributed by atoms with E-state index in [2.05, 4.69) is 15.1 Å². The van der Waals surface area contributed by atoms with Gasteiger partial charge in [0.15, 0.2) is 0 Å². The molecule has 2 aromatic heterocycles. The minimum atomic E-state index is -0.813. The van der Waals surface area contributed by atoms with E-state index in [1.54, 1.807) is 29.2 Å². The predicted molar refractivity (Wildman–Crippen MR) is 127 cm³/mol. The van der Waals surface area contributed by atoms with Gasteiger partial charge in [-0.2, -0.15) is 4.98 Å². The zero-order chi connectivity index (χ0) is 24.8. The van der Waals surface area contributed by atoms with Crippen LogP contribution in [-0.4, -0.2) is 68.7 Å². The van der Waals surface area contributed by atoms with Crippen molar-refractivity contribution in [2.24, 2.45) is 0 Å². The number of fused-ring (bicyclic) bond motifs is 1. The number of aromatic nitrogens is 3. The van der Waals surface area contributed by atoms with Crippen LogP contribution in [0.3, 0.4) is 0 Å². The Morgan fingerprint density at radius 2 is 1.69 bits per heavy atom. The quantitative estimate of drug-likeness (QED) is 0.341. The van der Waals surface area contributed by atoms with Crippen LogP contribution < -0.4 is 0 Å². The minimum Gasteiger partial charge on any atom is -0.360 e. The Morgan fingerprint density at radius 1 is 0.972 bits per heavy atom. The van der Waals surface area contributed by atoms with Crippen molar-refractivity contribution < 1.29 is 23.3 Å². The first-order chi connectivity index (χ1) is 17.5. The van der Waals surface area contributed by atoms with Crippen molar-refractivity contribution in [2.45, 2.75) is 18.8 Å². The van der Waals surface area contributed by atoms with Gasteiger partial charge in [-0.3, -0.25) is 14.4 Å². The van der Waals surface area contributed by atoms with Crippen LogP contribution in [0.25, 0.3) is 22.3 Å². The van der Waals surface area contributed by atoms with Gasteiger partial charge >= 0.3 is 0 Å². The summed E-state index contributed by atoms with van der Waals surface area (Å²) in [5.74, 6) is -1.18. The Morgan fingerprint density at radius 3 is 2.42 bits per heavy atom. The molecule has 1 N–H and O–H groups in total. The molecule has 4 aromatic rings. The van der Waals surface area contributed by atoms with Crippen molar-refractivity contribution in [1.29, 1.82) is 0 Å². The maximum atomic E-state index is 14.9. The highest BCUT2D eigenvalue weighted by molar-refractivity contribution is 6.45. The third kappa shape index (κ3) is 3.84. The SMILES string of the molecule is O=C(C(=O)N1CCN(C(=O)c2ccccc2)CC1)c1c[nH]c2c(-c3noc(C4CC4)n3)ccc(F)c12. The molecular weight excluding hydrogens is 465 g/mol. The van der Waals surface area contributed by atoms with Gasteiger partial charge in [-0.1, -0.05) is 23.4 Å². The molecule has 0 atom stereocenters. The molecule has 1 aliphatic heterocycles. The van der Waals surface area contributed by atoms with Crippen LogP contribution in [0.4, 0.5) is 4.39 Å². The van der Waals surface area contributed by atoms with Gasteiger partial charge in [0.2, 0.25) is 11.7 Å². The van der Waals surface area contributed by atoms with Gasteiger partial charge in [-0.25, -0.2) is 4.39 Å². The molecule has 2 aliphatic rings. The second-order valence-electron chi connectivity index (χ2n) is 9.06. The average molecular weight is 487 g/mol. The molecule has 0 radical (unpaired) electrons. The van der Waals surface area contributed by atoms with Gasteiger partial charge in [0.1, 0.15) is 5.82 Å². The maximum absolute atomic E-state index is 14.9. The van der Waals surface area contributed by atoms with E-state index in [1.165, 1.54) is 23.2 Å². The number of hydrogen-bond donors (Lipinski definition) is 1. The van der Waals surface area contributed by atoms with Crippen molar-refractivity contribution >= 4 is 28.5 Å². The number of halogens is 1. The minimum absolute atomic E-state index is 0.0153. The summed E-state index contributed by atoms with van der Waals surface area (Å²) < 4.78 is 20.2. The molecule has 0 spiro atoms. The summed E-state index contributed by atoms with van der Waals surface area (Å²) in [6.45, 7) is 1.04. The van der Waals surface area contributed by atoms with Crippen LogP contribution >= 0.6 is 0 Å². The van der Waals surface area contributed by atoms with E-state index < -0.39 is 17.5 Å². The number of carbonyl (C=O) groups is 3. The Labute approximate surface area is 204 Å². The molecule has 2 fully saturated rings. The number of H-pyrrole nitrogens is 1. The van der Waals surface area contributed by atoms with E-state index in [1.807, 2.05) is 6.07 Å². The second-order valence-corrected chi connectivity index (χ2v) is 9.06. The lowest BCUT2D eigenvalue weighted by atomic mass is 10.0. The number of piperazine rings is 1. The summed E-state index contributed by atoms with van der Waals surface area (Å²) in [6.07, 6.45) is 3.34. The first-order valence-electron chi connectivity index (χ1n) is 11.8. The summed E-state index contributed by atoms with van der Waals surface area (Å²) in [5, 5.41) is 4.03. The van der Waals surface area contributed by atoms with E-state index in [4.69, 9.17) is 4.52 Å². The summed E-state index contributed by atoms with van der Waals surface area (Å²) in [4.78, 5) is 49.2. The molecule has 9 nitrogen and oxygen atoms in total. The molecule has 2 amide bonds. The number of benzene rings is 2. The topological polar surface area (TPSA) is 112 Å². The fourth-order valence-electron chi connectivity index (χ4n) is 4.55. The molecule has 182 valence electrons. The van der Waals surface area contributed by atoms with Gasteiger partial charge in [0.05, 0.1) is 11.1 Å². The molecule has 6 rings (SSSR count). The van der Waals surface area contributed by atoms with Crippen molar-refractivity contribution in [3.05, 3.63) is 71.5 Å². The number of hydrogen-bond acceptors (Lipinski definition) is 6.